The van der Waals surface area contributed by atoms with Crippen LogP contribution < -0.4 is 10.1 Å². The number of carboxylic acid groups (broad SMARTS) is 1. The van der Waals surface area contributed by atoms with Crippen LogP contribution in [0, 0.1) is 6.92 Å². The Morgan fingerprint density at radius 3 is 2.52 bits per heavy atom. The van der Waals surface area contributed by atoms with Crippen molar-refractivity contribution in [1.82, 2.24) is 5.32 Å². The normalized spacial score (nSPS) is 16.0. The number of amides is 1. The average Bonchev–Trinajstić information content (AvgIpc) is 3.11. The van der Waals surface area contributed by atoms with Crippen molar-refractivity contribution in [3.8, 4) is 16.9 Å². The van der Waals surface area contributed by atoms with E-state index in [1.165, 1.54) is 16.7 Å². The van der Waals surface area contributed by atoms with Crippen LogP contribution in [0.4, 0.5) is 4.79 Å². The zero-order valence-electron chi connectivity index (χ0n) is 16.5. The van der Waals surface area contributed by atoms with Crippen molar-refractivity contribution in [2.45, 2.75) is 38.3 Å². The zero-order valence-corrected chi connectivity index (χ0v) is 16.5. The molecule has 3 aromatic carbocycles. The van der Waals surface area contributed by atoms with Crippen LogP contribution in [-0.2, 0) is 12.8 Å². The predicted molar refractivity (Wildman–Crippen MR) is 114 cm³/mol. The molecule has 0 aromatic heterocycles. The van der Waals surface area contributed by atoms with Crippen LogP contribution in [0.1, 0.15) is 23.1 Å². The molecule has 0 aliphatic carbocycles. The maximum atomic E-state index is 11.3. The first kappa shape index (κ1) is 19.1. The molecule has 2 atom stereocenters. The van der Waals surface area contributed by atoms with Gasteiger partial charge >= 0.3 is 6.09 Å². The molecule has 1 aliphatic rings. The SMILES string of the molecule is Cc1ccccc1-c1cccc2c1OC(CC(Cc1ccccc1)NC(=O)O)C2. The third-order valence-electron chi connectivity index (χ3n) is 5.46. The lowest BCUT2D eigenvalue weighted by atomic mass is 9.96. The first-order chi connectivity index (χ1) is 14.1. The van der Waals surface area contributed by atoms with Crippen molar-refractivity contribution in [3.63, 3.8) is 0 Å². The molecule has 4 rings (SSSR count). The highest BCUT2D eigenvalue weighted by molar-refractivity contribution is 5.75. The summed E-state index contributed by atoms with van der Waals surface area (Å²) in [5, 5.41) is 12.0. The first-order valence-corrected chi connectivity index (χ1v) is 9.98. The van der Waals surface area contributed by atoms with Gasteiger partial charge in [-0.3, -0.25) is 0 Å². The van der Waals surface area contributed by atoms with Gasteiger partial charge in [0.25, 0.3) is 0 Å². The Hall–Kier alpha value is -3.27. The van der Waals surface area contributed by atoms with Gasteiger partial charge in [0.2, 0.25) is 0 Å². The van der Waals surface area contributed by atoms with Crippen LogP contribution in [0.5, 0.6) is 5.75 Å². The third kappa shape index (κ3) is 4.43. The molecule has 1 heterocycles. The van der Waals surface area contributed by atoms with Gasteiger partial charge in [0.15, 0.2) is 0 Å². The highest BCUT2D eigenvalue weighted by Gasteiger charge is 2.29. The van der Waals surface area contributed by atoms with Crippen molar-refractivity contribution in [1.29, 1.82) is 0 Å². The Bertz CT molecular complexity index is 1000. The molecule has 29 heavy (non-hydrogen) atoms. The van der Waals surface area contributed by atoms with E-state index in [0.717, 1.165) is 23.3 Å². The van der Waals surface area contributed by atoms with Crippen molar-refractivity contribution in [2.75, 3.05) is 0 Å². The highest BCUT2D eigenvalue weighted by atomic mass is 16.5. The molecule has 0 fully saturated rings. The second kappa shape index (κ2) is 8.39. The van der Waals surface area contributed by atoms with Gasteiger partial charge in [0, 0.05) is 24.4 Å². The lowest BCUT2D eigenvalue weighted by Crippen LogP contribution is -2.39. The topological polar surface area (TPSA) is 58.6 Å². The Morgan fingerprint density at radius 2 is 1.76 bits per heavy atom. The summed E-state index contributed by atoms with van der Waals surface area (Å²) in [6.45, 7) is 2.10. The number of para-hydroxylation sites is 1. The number of benzene rings is 3. The summed E-state index contributed by atoms with van der Waals surface area (Å²) in [5.74, 6) is 0.931. The summed E-state index contributed by atoms with van der Waals surface area (Å²) in [4.78, 5) is 11.3. The maximum absolute atomic E-state index is 11.3. The first-order valence-electron chi connectivity index (χ1n) is 9.98. The third-order valence-corrected chi connectivity index (χ3v) is 5.46. The number of hydrogen-bond acceptors (Lipinski definition) is 2. The minimum Gasteiger partial charge on any atom is -0.489 e. The molecule has 0 spiro atoms. The highest BCUT2D eigenvalue weighted by Crippen LogP contribution is 2.40. The van der Waals surface area contributed by atoms with E-state index in [4.69, 9.17) is 4.74 Å². The number of ether oxygens (including phenoxy) is 1. The zero-order chi connectivity index (χ0) is 20.2. The number of carbonyl (C=O) groups is 1. The Kier molecular flexibility index (Phi) is 5.52. The molecule has 148 valence electrons. The van der Waals surface area contributed by atoms with Crippen LogP contribution in [0.3, 0.4) is 0 Å². The molecule has 3 aromatic rings. The minimum absolute atomic E-state index is 0.0456. The van der Waals surface area contributed by atoms with Gasteiger partial charge in [0.1, 0.15) is 11.9 Å². The van der Waals surface area contributed by atoms with Crippen LogP contribution in [0.15, 0.2) is 72.8 Å². The molecule has 2 unspecified atom stereocenters. The smallest absolute Gasteiger partial charge is 0.404 e. The molecule has 0 bridgehead atoms. The van der Waals surface area contributed by atoms with Gasteiger partial charge in [-0.05, 0) is 35.6 Å². The summed E-state index contributed by atoms with van der Waals surface area (Å²) < 4.78 is 6.36. The second-order valence-corrected chi connectivity index (χ2v) is 7.62. The Morgan fingerprint density at radius 1 is 1.03 bits per heavy atom. The summed E-state index contributed by atoms with van der Waals surface area (Å²) >= 11 is 0. The van der Waals surface area contributed by atoms with Crippen LogP contribution >= 0.6 is 0 Å². The number of hydrogen-bond donors (Lipinski definition) is 2. The maximum Gasteiger partial charge on any atom is 0.404 e. The van der Waals surface area contributed by atoms with E-state index in [0.29, 0.717) is 12.8 Å². The molecule has 4 heteroatoms. The van der Waals surface area contributed by atoms with E-state index in [9.17, 15) is 9.90 Å². The van der Waals surface area contributed by atoms with Gasteiger partial charge in [0.05, 0.1) is 0 Å². The fourth-order valence-electron chi connectivity index (χ4n) is 4.14. The van der Waals surface area contributed by atoms with Crippen molar-refractivity contribution >= 4 is 6.09 Å². The molecule has 4 nitrogen and oxygen atoms in total. The van der Waals surface area contributed by atoms with Gasteiger partial charge in [-0.25, -0.2) is 4.79 Å². The number of aryl methyl sites for hydroxylation is 1. The van der Waals surface area contributed by atoms with Gasteiger partial charge in [-0.15, -0.1) is 0 Å². The largest absolute Gasteiger partial charge is 0.489 e. The van der Waals surface area contributed by atoms with Crippen LogP contribution in [0.25, 0.3) is 11.1 Å². The van der Waals surface area contributed by atoms with Crippen molar-refractivity contribution in [3.05, 3.63) is 89.5 Å². The summed E-state index contributed by atoms with van der Waals surface area (Å²) in [7, 11) is 0. The quantitative estimate of drug-likeness (QED) is 0.608. The fraction of sp³-hybridized carbons (Fsp3) is 0.240. The molecule has 0 radical (unpaired) electrons. The Labute approximate surface area is 171 Å². The van der Waals surface area contributed by atoms with E-state index >= 15 is 0 Å². The van der Waals surface area contributed by atoms with Gasteiger partial charge in [-0.2, -0.15) is 0 Å². The summed E-state index contributed by atoms with van der Waals surface area (Å²) in [6, 6.07) is 24.3. The number of rotatable bonds is 6. The van der Waals surface area contributed by atoms with Crippen molar-refractivity contribution in [2.24, 2.45) is 0 Å². The predicted octanol–water partition coefficient (Wildman–Crippen LogP) is 5.23. The lowest BCUT2D eigenvalue weighted by Gasteiger charge is -2.21. The van der Waals surface area contributed by atoms with E-state index in [1.54, 1.807) is 0 Å². The molecule has 1 aliphatic heterocycles. The van der Waals surface area contributed by atoms with E-state index in [2.05, 4.69) is 42.6 Å². The van der Waals surface area contributed by atoms with E-state index in [1.807, 2.05) is 42.5 Å². The number of fused-ring (bicyclic) bond motifs is 1. The van der Waals surface area contributed by atoms with Crippen molar-refractivity contribution < 1.29 is 14.6 Å². The minimum atomic E-state index is -0.998. The second-order valence-electron chi connectivity index (χ2n) is 7.62. The van der Waals surface area contributed by atoms with Crippen LogP contribution in [-0.4, -0.2) is 23.3 Å². The average molecular weight is 387 g/mol. The van der Waals surface area contributed by atoms with Gasteiger partial charge < -0.3 is 15.2 Å². The van der Waals surface area contributed by atoms with Crippen LogP contribution in [0.2, 0.25) is 0 Å². The standard InChI is InChI=1S/C25H25NO3/c1-17-8-5-6-12-22(17)23-13-7-11-19-15-21(29-24(19)23)16-20(26-25(27)28)14-18-9-3-2-4-10-18/h2-13,20-21,26H,14-16H2,1H3,(H,27,28). The monoisotopic (exact) mass is 387 g/mol. The molecule has 0 saturated heterocycles. The molecular formula is C25H25NO3. The van der Waals surface area contributed by atoms with E-state index < -0.39 is 6.09 Å². The molecule has 2 N–H and O–H groups in total. The summed E-state index contributed by atoms with van der Waals surface area (Å²) in [6.07, 6.45) is 1.02. The molecule has 0 saturated carbocycles. The van der Waals surface area contributed by atoms with Gasteiger partial charge in [-0.1, -0.05) is 72.8 Å². The molecular weight excluding hydrogens is 362 g/mol. The fourth-order valence-corrected chi connectivity index (χ4v) is 4.14. The Balaban J connectivity index is 1.53. The van der Waals surface area contributed by atoms with E-state index in [-0.39, 0.29) is 12.1 Å². The number of nitrogens with one attached hydrogen (secondary N) is 1. The lowest BCUT2D eigenvalue weighted by molar-refractivity contribution is 0.175. The molecule has 1 amide bonds. The summed E-state index contributed by atoms with van der Waals surface area (Å²) in [5.41, 5.74) is 5.79.